The van der Waals surface area contributed by atoms with Gasteiger partial charge in [0.05, 0.1) is 6.20 Å². The Morgan fingerprint density at radius 3 is 2.76 bits per heavy atom. The number of nitrogens with zero attached hydrogens (tertiary/aromatic N) is 4. The van der Waals surface area contributed by atoms with E-state index in [2.05, 4.69) is 15.2 Å². The summed E-state index contributed by atoms with van der Waals surface area (Å²) in [5, 5.41) is 15.8. The molecule has 2 aromatic rings. The first kappa shape index (κ1) is 11.1. The molecule has 0 aliphatic carbocycles. The van der Waals surface area contributed by atoms with Gasteiger partial charge in [-0.3, -0.25) is 0 Å². The lowest BCUT2D eigenvalue weighted by atomic mass is 10.2. The Kier molecular flexibility index (Phi) is 2.78. The van der Waals surface area contributed by atoms with E-state index < -0.39 is 0 Å². The maximum absolute atomic E-state index is 8.66. The third kappa shape index (κ3) is 2.25. The molecule has 0 saturated carbocycles. The predicted molar refractivity (Wildman–Crippen MR) is 63.3 cm³/mol. The van der Waals surface area contributed by atoms with E-state index in [1.165, 1.54) is 0 Å². The lowest BCUT2D eigenvalue weighted by Gasteiger charge is -2.05. The van der Waals surface area contributed by atoms with Gasteiger partial charge in [0.1, 0.15) is 0 Å². The van der Waals surface area contributed by atoms with Gasteiger partial charge in [0.15, 0.2) is 11.7 Å². The summed E-state index contributed by atoms with van der Waals surface area (Å²) >= 11 is 0. The number of aryl methyl sites for hydroxylation is 2. The summed E-state index contributed by atoms with van der Waals surface area (Å²) in [7, 11) is 0. The van der Waals surface area contributed by atoms with Crippen LogP contribution >= 0.6 is 0 Å². The average Bonchev–Trinajstić information content (AvgIpc) is 2.74. The Hall–Kier alpha value is -2.37. The highest BCUT2D eigenvalue weighted by Crippen LogP contribution is 2.10. The van der Waals surface area contributed by atoms with Crippen molar-refractivity contribution in [2.75, 3.05) is 0 Å². The first-order valence-corrected chi connectivity index (χ1v) is 5.08. The van der Waals surface area contributed by atoms with Crippen molar-refractivity contribution in [1.82, 2.24) is 14.8 Å². The third-order valence-corrected chi connectivity index (χ3v) is 2.29. The summed E-state index contributed by atoms with van der Waals surface area (Å²) in [5.74, 6) is 0.695. The van der Waals surface area contributed by atoms with Crippen LogP contribution in [0.5, 0.6) is 0 Å². The SMILES string of the molecule is Cc1cnn(-c2cc(/C(N)=N/O)cc(C)n2)c1. The van der Waals surface area contributed by atoms with Crippen LogP contribution in [0.2, 0.25) is 0 Å². The van der Waals surface area contributed by atoms with E-state index in [4.69, 9.17) is 10.9 Å². The molecule has 17 heavy (non-hydrogen) atoms. The zero-order valence-corrected chi connectivity index (χ0v) is 9.62. The van der Waals surface area contributed by atoms with Crippen LogP contribution in [0.3, 0.4) is 0 Å². The highest BCUT2D eigenvalue weighted by molar-refractivity contribution is 5.97. The molecule has 0 amide bonds. The van der Waals surface area contributed by atoms with Gasteiger partial charge in [-0.05, 0) is 31.5 Å². The Bertz CT molecular complexity index is 573. The molecule has 0 aliphatic heterocycles. The van der Waals surface area contributed by atoms with Crippen molar-refractivity contribution in [3.63, 3.8) is 0 Å². The molecule has 2 rings (SSSR count). The van der Waals surface area contributed by atoms with Crippen molar-refractivity contribution < 1.29 is 5.21 Å². The van der Waals surface area contributed by atoms with E-state index in [1.54, 1.807) is 23.0 Å². The molecule has 0 fully saturated rings. The zero-order chi connectivity index (χ0) is 12.4. The van der Waals surface area contributed by atoms with Crippen LogP contribution in [-0.4, -0.2) is 25.8 Å². The summed E-state index contributed by atoms with van der Waals surface area (Å²) in [6.45, 7) is 3.79. The Morgan fingerprint density at radius 1 is 1.41 bits per heavy atom. The number of aromatic nitrogens is 3. The lowest BCUT2D eigenvalue weighted by Crippen LogP contribution is -2.14. The van der Waals surface area contributed by atoms with E-state index in [1.807, 2.05) is 20.0 Å². The molecule has 0 unspecified atom stereocenters. The monoisotopic (exact) mass is 231 g/mol. The summed E-state index contributed by atoms with van der Waals surface area (Å²) in [5.41, 5.74) is 7.99. The van der Waals surface area contributed by atoms with Gasteiger partial charge in [0.2, 0.25) is 0 Å². The molecule has 6 nitrogen and oxygen atoms in total. The summed E-state index contributed by atoms with van der Waals surface area (Å²) < 4.78 is 1.65. The maximum Gasteiger partial charge on any atom is 0.170 e. The lowest BCUT2D eigenvalue weighted by molar-refractivity contribution is 0.318. The molecule has 2 heterocycles. The quantitative estimate of drug-likeness (QED) is 0.349. The number of rotatable bonds is 2. The van der Waals surface area contributed by atoms with E-state index >= 15 is 0 Å². The van der Waals surface area contributed by atoms with E-state index in [9.17, 15) is 0 Å². The van der Waals surface area contributed by atoms with Gasteiger partial charge in [-0.15, -0.1) is 0 Å². The van der Waals surface area contributed by atoms with Crippen LogP contribution in [0.15, 0.2) is 29.7 Å². The molecule has 0 radical (unpaired) electrons. The number of hydrogen-bond acceptors (Lipinski definition) is 4. The normalized spacial score (nSPS) is 11.8. The third-order valence-electron chi connectivity index (χ3n) is 2.29. The number of oxime groups is 1. The number of amidine groups is 1. The molecule has 88 valence electrons. The van der Waals surface area contributed by atoms with Gasteiger partial charge in [-0.2, -0.15) is 5.10 Å². The van der Waals surface area contributed by atoms with Gasteiger partial charge in [0.25, 0.3) is 0 Å². The van der Waals surface area contributed by atoms with E-state index in [-0.39, 0.29) is 5.84 Å². The summed E-state index contributed by atoms with van der Waals surface area (Å²) in [4.78, 5) is 4.34. The maximum atomic E-state index is 8.66. The zero-order valence-electron chi connectivity index (χ0n) is 9.62. The highest BCUT2D eigenvalue weighted by Gasteiger charge is 2.06. The molecule has 0 spiro atoms. The molecule has 0 bridgehead atoms. The van der Waals surface area contributed by atoms with E-state index in [0.717, 1.165) is 11.3 Å². The first-order chi connectivity index (χ1) is 8.10. The molecule has 3 N–H and O–H groups in total. The van der Waals surface area contributed by atoms with Crippen LogP contribution < -0.4 is 5.73 Å². The van der Waals surface area contributed by atoms with Gasteiger partial charge < -0.3 is 10.9 Å². The molecular weight excluding hydrogens is 218 g/mol. The molecule has 0 atom stereocenters. The largest absolute Gasteiger partial charge is 0.409 e. The summed E-state index contributed by atoms with van der Waals surface area (Å²) in [6.07, 6.45) is 3.60. The standard InChI is InChI=1S/C11H13N5O/c1-7-5-13-16(6-7)10-4-9(11(12)15-17)3-8(2)14-10/h3-6,17H,1-2H3,(H2,12,15). The number of pyridine rings is 1. The smallest absolute Gasteiger partial charge is 0.170 e. The Labute approximate surface area is 98.4 Å². The fourth-order valence-corrected chi connectivity index (χ4v) is 1.51. The second kappa shape index (κ2) is 4.25. The van der Waals surface area contributed by atoms with E-state index in [0.29, 0.717) is 11.4 Å². The molecule has 0 saturated heterocycles. The number of nitrogens with two attached hydrogens (primary N) is 1. The Balaban J connectivity index is 2.52. The number of hydrogen-bond donors (Lipinski definition) is 2. The minimum atomic E-state index is 0.0561. The second-order valence-electron chi connectivity index (χ2n) is 3.80. The summed E-state index contributed by atoms with van der Waals surface area (Å²) in [6, 6.07) is 3.46. The van der Waals surface area contributed by atoms with Gasteiger partial charge >= 0.3 is 0 Å². The average molecular weight is 231 g/mol. The fourth-order valence-electron chi connectivity index (χ4n) is 1.51. The highest BCUT2D eigenvalue weighted by atomic mass is 16.4. The van der Waals surface area contributed by atoms with Crippen LogP contribution in [0, 0.1) is 13.8 Å². The molecule has 0 aliphatic rings. The predicted octanol–water partition coefficient (Wildman–Crippen LogP) is 0.979. The molecule has 0 aromatic carbocycles. The van der Waals surface area contributed by atoms with Crippen LogP contribution in [0.4, 0.5) is 0 Å². The van der Waals surface area contributed by atoms with Gasteiger partial charge in [-0.25, -0.2) is 9.67 Å². The fraction of sp³-hybridized carbons (Fsp3) is 0.182. The minimum Gasteiger partial charge on any atom is -0.409 e. The molecular formula is C11H13N5O. The topological polar surface area (TPSA) is 89.3 Å². The van der Waals surface area contributed by atoms with Crippen molar-refractivity contribution in [2.45, 2.75) is 13.8 Å². The second-order valence-corrected chi connectivity index (χ2v) is 3.80. The molecule has 6 heteroatoms. The van der Waals surface area contributed by atoms with Gasteiger partial charge in [-0.1, -0.05) is 5.16 Å². The van der Waals surface area contributed by atoms with Crippen molar-refractivity contribution in [2.24, 2.45) is 10.9 Å². The van der Waals surface area contributed by atoms with Crippen molar-refractivity contribution in [3.05, 3.63) is 41.3 Å². The van der Waals surface area contributed by atoms with Crippen LogP contribution in [-0.2, 0) is 0 Å². The van der Waals surface area contributed by atoms with Crippen LogP contribution in [0.25, 0.3) is 5.82 Å². The first-order valence-electron chi connectivity index (χ1n) is 5.08. The molecule has 2 aromatic heterocycles. The Morgan fingerprint density at radius 2 is 2.18 bits per heavy atom. The minimum absolute atomic E-state index is 0.0561. The van der Waals surface area contributed by atoms with Crippen molar-refractivity contribution in [1.29, 1.82) is 0 Å². The van der Waals surface area contributed by atoms with Crippen LogP contribution in [0.1, 0.15) is 16.8 Å². The van der Waals surface area contributed by atoms with Gasteiger partial charge in [0, 0.05) is 17.5 Å². The van der Waals surface area contributed by atoms with Crippen molar-refractivity contribution in [3.8, 4) is 5.82 Å². The van der Waals surface area contributed by atoms with Crippen molar-refractivity contribution >= 4 is 5.84 Å².